The molecule has 0 aliphatic carbocycles. The summed E-state index contributed by atoms with van der Waals surface area (Å²) in [5.74, 6) is 0.933. The zero-order valence-corrected chi connectivity index (χ0v) is 16.3. The largest absolute Gasteiger partial charge is 1.00 e. The van der Waals surface area contributed by atoms with Gasteiger partial charge in [0.15, 0.2) is 0 Å². The number of rotatable bonds is 10. The van der Waals surface area contributed by atoms with Crippen LogP contribution in [-0.2, 0) is 0 Å². The summed E-state index contributed by atoms with van der Waals surface area (Å²) >= 11 is 0. The Kier molecular flexibility index (Phi) is 31.7. The van der Waals surface area contributed by atoms with Gasteiger partial charge in [0.1, 0.15) is 0 Å². The Balaban J connectivity index is -0.000000616. The van der Waals surface area contributed by atoms with Gasteiger partial charge in [-0.15, -0.1) is 0 Å². The molecule has 0 atom stereocenters. The van der Waals surface area contributed by atoms with Crippen molar-refractivity contribution in [3.05, 3.63) is 6.92 Å². The maximum atomic E-state index is 3.84. The standard InChI is InChI=1S/C13H28N.C2H6.K/c1-4-7-8-9-11-14-12-10-13(5-2)6-3;1-2;/h13-14H,1,4-12H2,2-3H3;1-2H3;/q-1;;+1. The normalized spacial score (nSPS) is 9.53. The van der Waals surface area contributed by atoms with E-state index in [0.717, 1.165) is 12.3 Å². The van der Waals surface area contributed by atoms with Gasteiger partial charge in [0.2, 0.25) is 0 Å². The quantitative estimate of drug-likeness (QED) is 0.362. The SMILES string of the molecule is CC.[CH2-]CCCCCNCCC(CC)CC.[K+]. The molecule has 0 bridgehead atoms. The van der Waals surface area contributed by atoms with Crippen molar-refractivity contribution in [2.24, 2.45) is 5.92 Å². The van der Waals surface area contributed by atoms with Crippen molar-refractivity contribution >= 4 is 0 Å². The van der Waals surface area contributed by atoms with E-state index in [9.17, 15) is 0 Å². The third-order valence-corrected chi connectivity index (χ3v) is 2.99. The van der Waals surface area contributed by atoms with Crippen LogP contribution in [0.4, 0.5) is 0 Å². The van der Waals surface area contributed by atoms with E-state index in [2.05, 4.69) is 26.1 Å². The van der Waals surface area contributed by atoms with Crippen LogP contribution in [0.15, 0.2) is 0 Å². The molecule has 2 heteroatoms. The van der Waals surface area contributed by atoms with Gasteiger partial charge in [-0.1, -0.05) is 53.4 Å². The fraction of sp³-hybridized carbons (Fsp3) is 0.933. The van der Waals surface area contributed by atoms with Crippen LogP contribution >= 0.6 is 0 Å². The van der Waals surface area contributed by atoms with E-state index in [1.165, 1.54) is 51.6 Å². The number of hydrogen-bond acceptors (Lipinski definition) is 1. The summed E-state index contributed by atoms with van der Waals surface area (Å²) in [5, 5.41) is 3.52. The van der Waals surface area contributed by atoms with Crippen LogP contribution < -0.4 is 56.7 Å². The molecule has 0 rings (SSSR count). The molecule has 0 aromatic carbocycles. The van der Waals surface area contributed by atoms with E-state index in [-0.39, 0.29) is 51.4 Å². The van der Waals surface area contributed by atoms with Crippen LogP contribution in [0, 0.1) is 12.8 Å². The molecule has 17 heavy (non-hydrogen) atoms. The average molecular weight is 268 g/mol. The van der Waals surface area contributed by atoms with Crippen LogP contribution in [0.5, 0.6) is 0 Å². The topological polar surface area (TPSA) is 12.0 Å². The monoisotopic (exact) mass is 267 g/mol. The third-order valence-electron chi connectivity index (χ3n) is 2.99. The zero-order chi connectivity index (χ0) is 12.6. The Bertz CT molecular complexity index is 103. The van der Waals surface area contributed by atoms with Crippen molar-refractivity contribution in [2.75, 3.05) is 13.1 Å². The smallest absolute Gasteiger partial charge is 0.343 e. The summed E-state index contributed by atoms with van der Waals surface area (Å²) in [4.78, 5) is 0. The Morgan fingerprint density at radius 2 is 1.53 bits per heavy atom. The summed E-state index contributed by atoms with van der Waals surface area (Å²) in [5.41, 5.74) is 0. The van der Waals surface area contributed by atoms with Gasteiger partial charge in [-0.05, 0) is 31.8 Å². The molecule has 0 aromatic heterocycles. The number of hydrogen-bond donors (Lipinski definition) is 1. The third kappa shape index (κ3) is 20.1. The fourth-order valence-electron chi connectivity index (χ4n) is 1.73. The average Bonchev–Trinajstić information content (AvgIpc) is 2.35. The van der Waals surface area contributed by atoms with Gasteiger partial charge in [-0.2, -0.15) is 6.42 Å². The van der Waals surface area contributed by atoms with E-state index in [1.54, 1.807) is 0 Å². The summed E-state index contributed by atoms with van der Waals surface area (Å²) in [7, 11) is 0. The Labute approximate surface area is 153 Å². The van der Waals surface area contributed by atoms with E-state index < -0.39 is 0 Å². The van der Waals surface area contributed by atoms with E-state index in [4.69, 9.17) is 0 Å². The number of nitrogens with one attached hydrogen (secondary N) is 1. The second kappa shape index (κ2) is 22.7. The molecule has 0 amide bonds. The minimum absolute atomic E-state index is 0. The van der Waals surface area contributed by atoms with Crippen LogP contribution in [-0.4, -0.2) is 13.1 Å². The van der Waals surface area contributed by atoms with E-state index in [0.29, 0.717) is 0 Å². The summed E-state index contributed by atoms with van der Waals surface area (Å²) in [6.07, 6.45) is 9.05. The van der Waals surface area contributed by atoms with Gasteiger partial charge in [-0.25, -0.2) is 0 Å². The van der Waals surface area contributed by atoms with E-state index in [1.807, 2.05) is 13.8 Å². The molecule has 100 valence electrons. The molecule has 0 aliphatic heterocycles. The molecule has 0 fully saturated rings. The minimum atomic E-state index is 0. The summed E-state index contributed by atoms with van der Waals surface area (Å²) < 4.78 is 0. The first kappa shape index (κ1) is 23.7. The molecule has 0 aliphatic rings. The van der Waals surface area contributed by atoms with Crippen molar-refractivity contribution in [1.82, 2.24) is 5.32 Å². The summed E-state index contributed by atoms with van der Waals surface area (Å²) in [6.45, 7) is 14.8. The minimum Gasteiger partial charge on any atom is -0.343 e. The molecule has 1 nitrogen and oxygen atoms in total. The predicted octanol–water partition coefficient (Wildman–Crippen LogP) is 1.83. The molecule has 0 radical (unpaired) electrons. The molecule has 0 unspecified atom stereocenters. The molecule has 0 spiro atoms. The fourth-order valence-corrected chi connectivity index (χ4v) is 1.73. The van der Waals surface area contributed by atoms with Gasteiger partial charge in [-0.3, -0.25) is 0 Å². The Morgan fingerprint density at radius 1 is 0.941 bits per heavy atom. The zero-order valence-electron chi connectivity index (χ0n) is 13.1. The molecule has 0 saturated heterocycles. The van der Waals surface area contributed by atoms with Gasteiger partial charge in [0.05, 0.1) is 0 Å². The molecular weight excluding hydrogens is 233 g/mol. The van der Waals surface area contributed by atoms with Gasteiger partial charge in [0.25, 0.3) is 0 Å². The second-order valence-corrected chi connectivity index (χ2v) is 4.14. The van der Waals surface area contributed by atoms with Gasteiger partial charge >= 0.3 is 51.4 Å². The van der Waals surface area contributed by atoms with E-state index >= 15 is 0 Å². The first-order valence-corrected chi connectivity index (χ1v) is 7.35. The van der Waals surface area contributed by atoms with Crippen LogP contribution in [0.1, 0.15) is 72.6 Å². The van der Waals surface area contributed by atoms with Crippen LogP contribution in [0.25, 0.3) is 0 Å². The molecule has 0 saturated carbocycles. The maximum absolute atomic E-state index is 3.84. The van der Waals surface area contributed by atoms with Gasteiger partial charge < -0.3 is 12.2 Å². The first-order chi connectivity index (χ1) is 7.85. The van der Waals surface area contributed by atoms with Gasteiger partial charge in [0, 0.05) is 0 Å². The predicted molar refractivity (Wildman–Crippen MR) is 76.7 cm³/mol. The van der Waals surface area contributed by atoms with Crippen molar-refractivity contribution < 1.29 is 51.4 Å². The second-order valence-electron chi connectivity index (χ2n) is 4.14. The molecule has 1 N–H and O–H groups in total. The molecule has 0 aromatic rings. The maximum Gasteiger partial charge on any atom is 1.00 e. The van der Waals surface area contributed by atoms with Crippen molar-refractivity contribution in [2.45, 2.75) is 72.6 Å². The van der Waals surface area contributed by atoms with Crippen LogP contribution in [0.3, 0.4) is 0 Å². The number of unbranched alkanes of at least 4 members (excludes halogenated alkanes) is 3. The van der Waals surface area contributed by atoms with Crippen molar-refractivity contribution in [1.29, 1.82) is 0 Å². The Morgan fingerprint density at radius 3 is 2.00 bits per heavy atom. The first-order valence-electron chi connectivity index (χ1n) is 7.35. The molecule has 0 heterocycles. The Hall–Kier alpha value is 1.60. The van der Waals surface area contributed by atoms with Crippen LogP contribution in [0.2, 0.25) is 0 Å². The summed E-state index contributed by atoms with van der Waals surface area (Å²) in [6, 6.07) is 0. The molecular formula is C15H34KN. The van der Waals surface area contributed by atoms with Crippen molar-refractivity contribution in [3.63, 3.8) is 0 Å². The van der Waals surface area contributed by atoms with Crippen molar-refractivity contribution in [3.8, 4) is 0 Å².